The van der Waals surface area contributed by atoms with Gasteiger partial charge in [0.15, 0.2) is 0 Å². The Hall–Kier alpha value is -1.44. The summed E-state index contributed by atoms with van der Waals surface area (Å²) in [6.07, 6.45) is 4.92. The molecule has 0 aromatic heterocycles. The molecular weight excluding hydrogens is 222 g/mol. The Morgan fingerprint density at radius 3 is 2.50 bits per heavy atom. The maximum atomic E-state index is 5.78. The maximum absolute atomic E-state index is 5.78. The van der Waals surface area contributed by atoms with Gasteiger partial charge in [0.2, 0.25) is 0 Å². The van der Waals surface area contributed by atoms with Gasteiger partial charge in [0, 0.05) is 11.3 Å². The van der Waals surface area contributed by atoms with Crippen LogP contribution >= 0.6 is 0 Å². The predicted molar refractivity (Wildman–Crippen MR) is 79.1 cm³/mol. The fraction of sp³-hybridized carbons (Fsp3) is 0.500. The highest BCUT2D eigenvalue weighted by Gasteiger charge is 2.08. The van der Waals surface area contributed by atoms with Gasteiger partial charge in [-0.05, 0) is 36.6 Å². The van der Waals surface area contributed by atoms with Crippen LogP contribution in [-0.2, 0) is 4.74 Å². The predicted octanol–water partition coefficient (Wildman–Crippen LogP) is 4.47. The summed E-state index contributed by atoms with van der Waals surface area (Å²) in [4.78, 5) is 0. The van der Waals surface area contributed by atoms with Crippen molar-refractivity contribution >= 4 is 11.4 Å². The van der Waals surface area contributed by atoms with E-state index in [9.17, 15) is 0 Å². The standard InChI is InChI=1S/C16H25NO/c1-4-6-7-14(5-2)12-18-13(3)15-8-10-16(17)11-9-15/h8-11,14H,3-7,12,17H2,1-2H3. The Balaban J connectivity index is 2.42. The Morgan fingerprint density at radius 2 is 1.94 bits per heavy atom. The first-order valence-corrected chi connectivity index (χ1v) is 6.85. The lowest BCUT2D eigenvalue weighted by Gasteiger charge is -2.17. The number of unbranched alkanes of at least 4 members (excludes halogenated alkanes) is 1. The summed E-state index contributed by atoms with van der Waals surface area (Å²) < 4.78 is 5.78. The number of nitrogens with two attached hydrogens (primary N) is 1. The van der Waals surface area contributed by atoms with Crippen molar-refractivity contribution in [3.05, 3.63) is 36.4 Å². The molecule has 0 radical (unpaired) electrons. The Bertz CT molecular complexity index is 356. The molecule has 2 nitrogen and oxygen atoms in total. The summed E-state index contributed by atoms with van der Waals surface area (Å²) in [5.41, 5.74) is 7.43. The molecule has 0 heterocycles. The van der Waals surface area contributed by atoms with Crippen molar-refractivity contribution < 1.29 is 4.74 Å². The molecule has 0 saturated carbocycles. The molecule has 0 fully saturated rings. The lowest BCUT2D eigenvalue weighted by atomic mass is 10.0. The third-order valence-electron chi connectivity index (χ3n) is 3.27. The second-order valence-electron chi connectivity index (χ2n) is 4.77. The van der Waals surface area contributed by atoms with Gasteiger partial charge in [-0.2, -0.15) is 0 Å². The van der Waals surface area contributed by atoms with E-state index in [1.807, 2.05) is 24.3 Å². The van der Waals surface area contributed by atoms with Crippen molar-refractivity contribution in [2.75, 3.05) is 12.3 Å². The highest BCUT2D eigenvalue weighted by Crippen LogP contribution is 2.19. The van der Waals surface area contributed by atoms with Gasteiger partial charge in [-0.1, -0.05) is 39.7 Å². The summed E-state index contributed by atoms with van der Waals surface area (Å²) in [7, 11) is 0. The third kappa shape index (κ3) is 4.82. The van der Waals surface area contributed by atoms with Crippen LogP contribution in [0.15, 0.2) is 30.8 Å². The van der Waals surface area contributed by atoms with E-state index < -0.39 is 0 Å². The van der Waals surface area contributed by atoms with Crippen molar-refractivity contribution in [3.8, 4) is 0 Å². The molecule has 0 aliphatic heterocycles. The van der Waals surface area contributed by atoms with Crippen LogP contribution in [-0.4, -0.2) is 6.61 Å². The molecular formula is C16H25NO. The molecule has 2 N–H and O–H groups in total. The van der Waals surface area contributed by atoms with Crippen molar-refractivity contribution in [1.82, 2.24) is 0 Å². The van der Waals surface area contributed by atoms with E-state index in [-0.39, 0.29) is 0 Å². The van der Waals surface area contributed by atoms with E-state index in [0.29, 0.717) is 5.92 Å². The van der Waals surface area contributed by atoms with Crippen molar-refractivity contribution in [2.45, 2.75) is 39.5 Å². The van der Waals surface area contributed by atoms with E-state index >= 15 is 0 Å². The normalized spacial score (nSPS) is 12.1. The molecule has 0 bridgehead atoms. The van der Waals surface area contributed by atoms with E-state index in [1.165, 1.54) is 19.3 Å². The maximum Gasteiger partial charge on any atom is 0.119 e. The smallest absolute Gasteiger partial charge is 0.119 e. The molecule has 1 aromatic carbocycles. The van der Waals surface area contributed by atoms with E-state index in [2.05, 4.69) is 20.4 Å². The van der Waals surface area contributed by atoms with E-state index in [4.69, 9.17) is 10.5 Å². The zero-order valence-electron chi connectivity index (χ0n) is 11.6. The van der Waals surface area contributed by atoms with Crippen LogP contribution in [0.3, 0.4) is 0 Å². The van der Waals surface area contributed by atoms with Gasteiger partial charge in [0.05, 0.1) is 6.61 Å². The monoisotopic (exact) mass is 247 g/mol. The molecule has 1 rings (SSSR count). The van der Waals surface area contributed by atoms with Gasteiger partial charge in [0.25, 0.3) is 0 Å². The van der Waals surface area contributed by atoms with Gasteiger partial charge < -0.3 is 10.5 Å². The largest absolute Gasteiger partial charge is 0.493 e. The first-order chi connectivity index (χ1) is 8.67. The summed E-state index contributed by atoms with van der Waals surface area (Å²) in [6, 6.07) is 7.64. The van der Waals surface area contributed by atoms with Gasteiger partial charge in [-0.3, -0.25) is 0 Å². The fourth-order valence-corrected chi connectivity index (χ4v) is 1.87. The number of benzene rings is 1. The Kier molecular flexibility index (Phi) is 6.34. The SMILES string of the molecule is C=C(OCC(CC)CCCC)c1ccc(N)cc1. The number of rotatable bonds is 8. The van der Waals surface area contributed by atoms with Crippen LogP contribution in [0.25, 0.3) is 5.76 Å². The van der Waals surface area contributed by atoms with Crippen molar-refractivity contribution in [1.29, 1.82) is 0 Å². The van der Waals surface area contributed by atoms with Gasteiger partial charge in [-0.15, -0.1) is 0 Å². The Labute approximate surface area is 111 Å². The molecule has 0 saturated heterocycles. The van der Waals surface area contributed by atoms with Gasteiger partial charge >= 0.3 is 0 Å². The molecule has 0 spiro atoms. The number of hydrogen-bond donors (Lipinski definition) is 1. The molecule has 1 unspecified atom stereocenters. The van der Waals surface area contributed by atoms with Crippen LogP contribution in [0.2, 0.25) is 0 Å². The lowest BCUT2D eigenvalue weighted by Crippen LogP contribution is -2.08. The molecule has 0 aliphatic rings. The van der Waals surface area contributed by atoms with E-state index in [0.717, 1.165) is 30.0 Å². The molecule has 0 amide bonds. The second-order valence-corrected chi connectivity index (χ2v) is 4.77. The zero-order chi connectivity index (χ0) is 13.4. The van der Waals surface area contributed by atoms with Gasteiger partial charge in [0.1, 0.15) is 5.76 Å². The summed E-state index contributed by atoms with van der Waals surface area (Å²) in [6.45, 7) is 9.18. The molecule has 2 heteroatoms. The minimum atomic E-state index is 0.635. The summed E-state index contributed by atoms with van der Waals surface area (Å²) in [5.74, 6) is 1.38. The summed E-state index contributed by atoms with van der Waals surface area (Å²) >= 11 is 0. The van der Waals surface area contributed by atoms with Crippen molar-refractivity contribution in [3.63, 3.8) is 0 Å². The van der Waals surface area contributed by atoms with Crippen LogP contribution in [0, 0.1) is 5.92 Å². The molecule has 1 atom stereocenters. The van der Waals surface area contributed by atoms with Crippen LogP contribution in [0.4, 0.5) is 5.69 Å². The molecule has 100 valence electrons. The second kappa shape index (κ2) is 7.80. The highest BCUT2D eigenvalue weighted by molar-refractivity contribution is 5.59. The van der Waals surface area contributed by atoms with Crippen LogP contribution in [0.1, 0.15) is 45.1 Å². The minimum absolute atomic E-state index is 0.635. The quantitative estimate of drug-likeness (QED) is 0.543. The topological polar surface area (TPSA) is 35.2 Å². The average Bonchev–Trinajstić information content (AvgIpc) is 2.39. The van der Waals surface area contributed by atoms with Crippen molar-refractivity contribution in [2.24, 2.45) is 5.92 Å². The van der Waals surface area contributed by atoms with Crippen LogP contribution in [0.5, 0.6) is 0 Å². The number of hydrogen-bond acceptors (Lipinski definition) is 2. The van der Waals surface area contributed by atoms with Gasteiger partial charge in [-0.25, -0.2) is 0 Å². The Morgan fingerprint density at radius 1 is 1.28 bits per heavy atom. The number of nitrogen functional groups attached to an aromatic ring is 1. The molecule has 0 aliphatic carbocycles. The minimum Gasteiger partial charge on any atom is -0.493 e. The first kappa shape index (κ1) is 14.6. The molecule has 18 heavy (non-hydrogen) atoms. The number of ether oxygens (including phenoxy) is 1. The molecule has 1 aromatic rings. The highest BCUT2D eigenvalue weighted by atomic mass is 16.5. The average molecular weight is 247 g/mol. The third-order valence-corrected chi connectivity index (χ3v) is 3.27. The fourth-order valence-electron chi connectivity index (χ4n) is 1.87. The van der Waals surface area contributed by atoms with Crippen LogP contribution < -0.4 is 5.73 Å². The number of anilines is 1. The first-order valence-electron chi connectivity index (χ1n) is 6.85. The van der Waals surface area contributed by atoms with E-state index in [1.54, 1.807) is 0 Å². The zero-order valence-corrected chi connectivity index (χ0v) is 11.6. The lowest BCUT2D eigenvalue weighted by molar-refractivity contribution is 0.204. The summed E-state index contributed by atoms with van der Waals surface area (Å²) in [5, 5.41) is 0.